The minimum Gasteiger partial charge on any atom is -0.430 e. The molecule has 37 heavy (non-hydrogen) atoms. The molecule has 2 N–H and O–H groups in total. The molecule has 0 saturated carbocycles. The molecule has 1 aliphatic heterocycles. The topological polar surface area (TPSA) is 79.4 Å². The lowest BCUT2D eigenvalue weighted by molar-refractivity contribution is -0.0492. The van der Waals surface area contributed by atoms with Gasteiger partial charge in [0.2, 0.25) is 5.95 Å². The number of nitrogens with zero attached hydrogens (tertiary/aromatic N) is 3. The number of aromatic nitrogens is 2. The molecular formula is C24H25ClF4N5O2P. The summed E-state index contributed by atoms with van der Waals surface area (Å²) >= 11 is 6.28. The molecule has 3 aromatic rings. The largest absolute Gasteiger partial charge is 0.430 e. The quantitative estimate of drug-likeness (QED) is 0.240. The fourth-order valence-electron chi connectivity index (χ4n) is 4.03. The van der Waals surface area contributed by atoms with E-state index in [1.807, 2.05) is 0 Å². The highest BCUT2D eigenvalue weighted by molar-refractivity contribution is 7.70. The molecule has 2 heterocycles. The molecule has 1 fully saturated rings. The number of ether oxygens (including phenoxy) is 1. The Morgan fingerprint density at radius 1 is 1.11 bits per heavy atom. The van der Waals surface area contributed by atoms with Gasteiger partial charge in [0.05, 0.1) is 17.6 Å². The maximum absolute atomic E-state index is 14.8. The third kappa shape index (κ3) is 6.45. The number of nitrogens with one attached hydrogen (secondary N) is 2. The monoisotopic (exact) mass is 557 g/mol. The van der Waals surface area contributed by atoms with E-state index in [4.69, 9.17) is 16.3 Å². The first-order valence-corrected chi connectivity index (χ1v) is 14.4. The van der Waals surface area contributed by atoms with Gasteiger partial charge in [-0.25, -0.2) is 13.8 Å². The van der Waals surface area contributed by atoms with E-state index in [0.717, 1.165) is 6.07 Å². The van der Waals surface area contributed by atoms with Crippen LogP contribution >= 0.6 is 18.7 Å². The van der Waals surface area contributed by atoms with E-state index in [1.54, 1.807) is 37.6 Å². The molecule has 198 valence electrons. The molecule has 0 spiro atoms. The van der Waals surface area contributed by atoms with Crippen LogP contribution in [0.4, 0.5) is 46.4 Å². The first-order chi connectivity index (χ1) is 17.5. The van der Waals surface area contributed by atoms with Gasteiger partial charge in [-0.05, 0) is 50.4 Å². The standard InChI is InChI=1S/C24H25ClF4N5O2P/c1-37(2,35)19-6-4-3-5-17(19)31-22-15(25)13-30-24(33-22)32-18-8-7-16(27)20(21(18)36-23(28)29)34-11-9-14(26)10-12-34/h3-8,13-14,23H,9-12H2,1-2H3,(H2,30,31,32,33). The van der Waals surface area contributed by atoms with Gasteiger partial charge >= 0.3 is 6.61 Å². The number of anilines is 5. The molecule has 0 bridgehead atoms. The molecule has 1 aromatic heterocycles. The van der Waals surface area contributed by atoms with Gasteiger partial charge in [0.25, 0.3) is 0 Å². The Kier molecular flexibility index (Phi) is 8.14. The van der Waals surface area contributed by atoms with Crippen molar-refractivity contribution in [3.8, 4) is 5.75 Å². The van der Waals surface area contributed by atoms with Crippen molar-refractivity contribution in [2.45, 2.75) is 25.6 Å². The molecule has 7 nitrogen and oxygen atoms in total. The lowest BCUT2D eigenvalue weighted by Gasteiger charge is -2.32. The number of alkyl halides is 3. The van der Waals surface area contributed by atoms with Gasteiger partial charge in [-0.3, -0.25) is 0 Å². The first-order valence-electron chi connectivity index (χ1n) is 11.4. The highest BCUT2D eigenvalue weighted by atomic mass is 35.5. The van der Waals surface area contributed by atoms with Crippen molar-refractivity contribution in [2.75, 3.05) is 42.0 Å². The zero-order chi connectivity index (χ0) is 26.7. The van der Waals surface area contributed by atoms with Gasteiger partial charge in [0.15, 0.2) is 11.6 Å². The molecule has 0 amide bonds. The number of para-hydroxylation sites is 1. The molecule has 0 aliphatic carbocycles. The predicted octanol–water partition coefficient (Wildman–Crippen LogP) is 6.54. The Hall–Kier alpha value is -3.04. The Morgan fingerprint density at radius 2 is 1.81 bits per heavy atom. The average molecular weight is 558 g/mol. The number of piperidine rings is 1. The number of halogens is 5. The van der Waals surface area contributed by atoms with Crippen molar-refractivity contribution in [1.29, 1.82) is 0 Å². The molecule has 0 radical (unpaired) electrons. The molecular weight excluding hydrogens is 533 g/mol. The number of rotatable bonds is 8. The Labute approximate surface area is 216 Å². The zero-order valence-electron chi connectivity index (χ0n) is 20.0. The van der Waals surface area contributed by atoms with Gasteiger partial charge in [0, 0.05) is 18.4 Å². The van der Waals surface area contributed by atoms with E-state index in [1.165, 1.54) is 17.2 Å². The van der Waals surface area contributed by atoms with Crippen LogP contribution in [-0.2, 0) is 4.57 Å². The summed E-state index contributed by atoms with van der Waals surface area (Å²) in [6, 6.07) is 9.31. The fraction of sp³-hybridized carbons (Fsp3) is 0.333. The van der Waals surface area contributed by atoms with Crippen molar-refractivity contribution in [3.05, 3.63) is 53.4 Å². The average Bonchev–Trinajstić information content (AvgIpc) is 2.83. The van der Waals surface area contributed by atoms with E-state index in [0.29, 0.717) is 11.0 Å². The Bertz CT molecular complexity index is 1320. The summed E-state index contributed by atoms with van der Waals surface area (Å²) in [6.45, 7) is 0.317. The van der Waals surface area contributed by atoms with Crippen LogP contribution in [0.15, 0.2) is 42.6 Å². The Morgan fingerprint density at radius 3 is 2.49 bits per heavy atom. The van der Waals surface area contributed by atoms with Gasteiger partial charge < -0.3 is 24.8 Å². The van der Waals surface area contributed by atoms with Crippen LogP contribution in [0.3, 0.4) is 0 Å². The predicted molar refractivity (Wildman–Crippen MR) is 139 cm³/mol. The van der Waals surface area contributed by atoms with Crippen molar-refractivity contribution >= 4 is 52.9 Å². The molecule has 0 atom stereocenters. The first kappa shape index (κ1) is 27.0. The second kappa shape index (κ2) is 11.1. The summed E-state index contributed by atoms with van der Waals surface area (Å²) in [7, 11) is -2.64. The molecule has 2 aromatic carbocycles. The van der Waals surface area contributed by atoms with E-state index >= 15 is 0 Å². The Balaban J connectivity index is 1.68. The van der Waals surface area contributed by atoms with Gasteiger partial charge in [-0.15, -0.1) is 0 Å². The minimum atomic E-state index is -3.24. The molecule has 1 saturated heterocycles. The number of hydrogen-bond acceptors (Lipinski definition) is 7. The van der Waals surface area contributed by atoms with Crippen molar-refractivity contribution in [3.63, 3.8) is 0 Å². The van der Waals surface area contributed by atoms with Crippen LogP contribution in [0, 0.1) is 5.82 Å². The lowest BCUT2D eigenvalue weighted by Crippen LogP contribution is -2.35. The summed E-state index contributed by atoms with van der Waals surface area (Å²) in [6.07, 6.45) is 0.547. The lowest BCUT2D eigenvalue weighted by atomic mass is 10.1. The normalized spacial score (nSPS) is 14.6. The number of hydrogen-bond donors (Lipinski definition) is 2. The van der Waals surface area contributed by atoms with E-state index in [2.05, 4.69) is 20.6 Å². The van der Waals surface area contributed by atoms with Crippen LogP contribution in [0.1, 0.15) is 12.8 Å². The van der Waals surface area contributed by atoms with Gasteiger partial charge in [-0.2, -0.15) is 13.8 Å². The third-order valence-corrected chi connectivity index (χ3v) is 7.58. The van der Waals surface area contributed by atoms with Crippen molar-refractivity contribution < 1.29 is 26.9 Å². The second-order valence-corrected chi connectivity index (χ2v) is 12.4. The maximum atomic E-state index is 14.8. The van der Waals surface area contributed by atoms with Crippen molar-refractivity contribution in [2.24, 2.45) is 0 Å². The maximum Gasteiger partial charge on any atom is 0.387 e. The highest BCUT2D eigenvalue weighted by Crippen LogP contribution is 2.42. The summed E-state index contributed by atoms with van der Waals surface area (Å²) < 4.78 is 72.6. The van der Waals surface area contributed by atoms with E-state index in [9.17, 15) is 22.1 Å². The molecule has 4 rings (SSSR count). The van der Waals surface area contributed by atoms with Crippen molar-refractivity contribution in [1.82, 2.24) is 9.97 Å². The smallest absolute Gasteiger partial charge is 0.387 e. The van der Waals surface area contributed by atoms with Gasteiger partial charge in [0.1, 0.15) is 29.8 Å². The van der Waals surface area contributed by atoms with Gasteiger partial charge in [-0.1, -0.05) is 23.7 Å². The second-order valence-electron chi connectivity index (χ2n) is 8.82. The zero-order valence-corrected chi connectivity index (χ0v) is 21.7. The summed E-state index contributed by atoms with van der Waals surface area (Å²) in [5, 5.41) is 6.58. The highest BCUT2D eigenvalue weighted by Gasteiger charge is 2.27. The van der Waals surface area contributed by atoms with Crippen LogP contribution in [0.2, 0.25) is 5.02 Å². The summed E-state index contributed by atoms with van der Waals surface area (Å²) in [5.74, 6) is -1.09. The summed E-state index contributed by atoms with van der Waals surface area (Å²) in [5.41, 5.74) is 0.323. The number of benzene rings is 2. The SMILES string of the molecule is CP(C)(=O)c1ccccc1Nc1nc(Nc2ccc(F)c(N3CCC(F)CC3)c2OC(F)F)ncc1Cl. The molecule has 0 unspecified atom stereocenters. The van der Waals surface area contributed by atoms with Crippen LogP contribution in [0.25, 0.3) is 0 Å². The third-order valence-electron chi connectivity index (χ3n) is 5.76. The van der Waals surface area contributed by atoms with Crippen LogP contribution in [0.5, 0.6) is 5.75 Å². The summed E-state index contributed by atoms with van der Waals surface area (Å²) in [4.78, 5) is 9.90. The van der Waals surface area contributed by atoms with E-state index in [-0.39, 0.29) is 54.1 Å². The molecule has 1 aliphatic rings. The minimum absolute atomic E-state index is 0.0145. The van der Waals surface area contributed by atoms with Crippen LogP contribution in [-0.4, -0.2) is 49.2 Å². The van der Waals surface area contributed by atoms with Crippen LogP contribution < -0.4 is 25.6 Å². The fourth-order valence-corrected chi connectivity index (χ4v) is 5.33. The molecule has 13 heteroatoms. The van der Waals surface area contributed by atoms with E-state index < -0.39 is 31.5 Å².